The van der Waals surface area contributed by atoms with E-state index in [0.717, 1.165) is 24.9 Å². The predicted molar refractivity (Wildman–Crippen MR) is 96.3 cm³/mol. The van der Waals surface area contributed by atoms with Crippen LogP contribution in [0.4, 0.5) is 4.79 Å². The molecule has 0 radical (unpaired) electrons. The van der Waals surface area contributed by atoms with Gasteiger partial charge in [0.05, 0.1) is 0 Å². The van der Waals surface area contributed by atoms with E-state index in [9.17, 15) is 9.59 Å². The molecule has 1 aromatic carbocycles. The van der Waals surface area contributed by atoms with Crippen molar-refractivity contribution in [3.8, 4) is 0 Å². The summed E-state index contributed by atoms with van der Waals surface area (Å²) >= 11 is 0. The molecule has 5 heteroatoms. The van der Waals surface area contributed by atoms with E-state index in [0.29, 0.717) is 12.1 Å². The van der Waals surface area contributed by atoms with Crippen molar-refractivity contribution in [3.63, 3.8) is 0 Å². The third-order valence-corrected chi connectivity index (χ3v) is 4.16. The van der Waals surface area contributed by atoms with Crippen molar-refractivity contribution in [1.29, 1.82) is 0 Å². The van der Waals surface area contributed by atoms with E-state index in [2.05, 4.69) is 16.7 Å². The number of likely N-dealkylation sites (tertiary alicyclic amines) is 1. The minimum atomic E-state index is -0.0444. The number of hydrogen-bond acceptors (Lipinski definition) is 2. The zero-order valence-corrected chi connectivity index (χ0v) is 15.1. The molecule has 132 valence electrons. The molecule has 0 bridgehead atoms. The molecule has 0 aliphatic carbocycles. The first kappa shape index (κ1) is 18.3. The van der Waals surface area contributed by atoms with E-state index < -0.39 is 0 Å². The number of benzene rings is 1. The lowest BCUT2D eigenvalue weighted by atomic mass is 9.89. The predicted octanol–water partition coefficient (Wildman–Crippen LogP) is 3.12. The van der Waals surface area contributed by atoms with Crippen LogP contribution in [0.3, 0.4) is 0 Å². The molecule has 2 rings (SSSR count). The molecule has 5 nitrogen and oxygen atoms in total. The zero-order chi connectivity index (χ0) is 17.7. The number of amides is 3. The van der Waals surface area contributed by atoms with E-state index in [1.54, 1.807) is 0 Å². The van der Waals surface area contributed by atoms with Gasteiger partial charge in [0.15, 0.2) is 0 Å². The topological polar surface area (TPSA) is 61.4 Å². The quantitative estimate of drug-likeness (QED) is 0.890. The maximum absolute atomic E-state index is 12.2. The highest BCUT2D eigenvalue weighted by Gasteiger charge is 2.25. The Morgan fingerprint density at radius 1 is 1.12 bits per heavy atom. The second-order valence-electron chi connectivity index (χ2n) is 7.14. The Labute approximate surface area is 144 Å². The fourth-order valence-electron chi connectivity index (χ4n) is 3.05. The van der Waals surface area contributed by atoms with Gasteiger partial charge in [-0.15, -0.1) is 0 Å². The van der Waals surface area contributed by atoms with Crippen molar-refractivity contribution >= 4 is 11.9 Å². The number of piperidine rings is 1. The average molecular weight is 331 g/mol. The first-order chi connectivity index (χ1) is 11.4. The largest absolute Gasteiger partial charge is 0.350 e. The molecular formula is C19H29N3O2. The number of nitrogens with one attached hydrogen (secondary N) is 2. The summed E-state index contributed by atoms with van der Waals surface area (Å²) in [7, 11) is 0. The molecule has 0 saturated carbocycles. The molecule has 1 aliphatic heterocycles. The van der Waals surface area contributed by atoms with Crippen LogP contribution < -0.4 is 10.6 Å². The maximum Gasteiger partial charge on any atom is 0.317 e. The Bertz CT molecular complexity index is 584. The first-order valence-corrected chi connectivity index (χ1v) is 8.83. The van der Waals surface area contributed by atoms with Gasteiger partial charge in [0, 0.05) is 36.7 Å². The van der Waals surface area contributed by atoms with Gasteiger partial charge < -0.3 is 15.5 Å². The van der Waals surface area contributed by atoms with Crippen LogP contribution in [0.5, 0.6) is 0 Å². The molecule has 1 unspecified atom stereocenters. The van der Waals surface area contributed by atoms with Gasteiger partial charge in [-0.3, -0.25) is 4.79 Å². The molecule has 24 heavy (non-hydrogen) atoms. The average Bonchev–Trinajstić information content (AvgIpc) is 2.54. The van der Waals surface area contributed by atoms with Gasteiger partial charge in [0.25, 0.3) is 5.91 Å². The molecule has 1 heterocycles. The van der Waals surface area contributed by atoms with Crippen LogP contribution in [0.25, 0.3) is 0 Å². The number of urea groups is 1. The highest BCUT2D eigenvalue weighted by atomic mass is 16.2. The van der Waals surface area contributed by atoms with E-state index in [-0.39, 0.29) is 29.9 Å². The standard InChI is InChI=1S/C19H29N3O2/c1-13(2)20-18(23)16-8-5-7-15(11-16)17-9-6-10-22(12-17)19(24)21-14(3)4/h5,7-8,11,13-14,17H,6,9-10,12H2,1-4H3,(H,20,23)(H,21,24). The third kappa shape index (κ3) is 4.98. The molecule has 1 saturated heterocycles. The summed E-state index contributed by atoms with van der Waals surface area (Å²) in [5.74, 6) is 0.237. The molecule has 3 amide bonds. The fourth-order valence-corrected chi connectivity index (χ4v) is 3.05. The van der Waals surface area contributed by atoms with Crippen LogP contribution in [-0.2, 0) is 0 Å². The number of nitrogens with zero attached hydrogens (tertiary/aromatic N) is 1. The van der Waals surface area contributed by atoms with Gasteiger partial charge in [-0.2, -0.15) is 0 Å². The Morgan fingerprint density at radius 2 is 1.83 bits per heavy atom. The summed E-state index contributed by atoms with van der Waals surface area (Å²) in [6.45, 7) is 9.34. The molecule has 1 aliphatic rings. The van der Waals surface area contributed by atoms with Gasteiger partial charge >= 0.3 is 6.03 Å². The molecule has 0 spiro atoms. The fraction of sp³-hybridized carbons (Fsp3) is 0.579. The van der Waals surface area contributed by atoms with Crippen molar-refractivity contribution < 1.29 is 9.59 Å². The molecule has 2 N–H and O–H groups in total. The summed E-state index contributed by atoms with van der Waals surface area (Å²) in [4.78, 5) is 26.3. The van der Waals surface area contributed by atoms with Crippen LogP contribution in [0, 0.1) is 0 Å². The molecule has 0 aromatic heterocycles. The van der Waals surface area contributed by atoms with Gasteiger partial charge in [-0.05, 0) is 58.2 Å². The Hall–Kier alpha value is -2.04. The van der Waals surface area contributed by atoms with E-state index in [1.165, 1.54) is 0 Å². The van der Waals surface area contributed by atoms with Crippen molar-refractivity contribution in [3.05, 3.63) is 35.4 Å². The van der Waals surface area contributed by atoms with Crippen molar-refractivity contribution in [2.45, 2.75) is 58.5 Å². The zero-order valence-electron chi connectivity index (χ0n) is 15.1. The van der Waals surface area contributed by atoms with Gasteiger partial charge in [0.2, 0.25) is 0 Å². The smallest absolute Gasteiger partial charge is 0.317 e. The molecular weight excluding hydrogens is 302 g/mol. The summed E-state index contributed by atoms with van der Waals surface area (Å²) < 4.78 is 0. The molecule has 1 aromatic rings. The minimum absolute atomic E-state index is 0.00315. The normalized spacial score (nSPS) is 17.9. The second-order valence-corrected chi connectivity index (χ2v) is 7.14. The van der Waals surface area contributed by atoms with Gasteiger partial charge in [-0.25, -0.2) is 4.79 Å². The lowest BCUT2D eigenvalue weighted by Gasteiger charge is -2.33. The highest BCUT2D eigenvalue weighted by Crippen LogP contribution is 2.27. The number of carbonyl (C=O) groups is 2. The minimum Gasteiger partial charge on any atom is -0.350 e. The van der Waals surface area contributed by atoms with Crippen LogP contribution in [0.15, 0.2) is 24.3 Å². The summed E-state index contributed by atoms with van der Waals surface area (Å²) in [6, 6.07) is 8.05. The SMILES string of the molecule is CC(C)NC(=O)c1cccc(C2CCCN(C(=O)NC(C)C)C2)c1. The van der Waals surface area contributed by atoms with E-state index in [4.69, 9.17) is 0 Å². The van der Waals surface area contributed by atoms with E-state index >= 15 is 0 Å². The van der Waals surface area contributed by atoms with Gasteiger partial charge in [-0.1, -0.05) is 12.1 Å². The monoisotopic (exact) mass is 331 g/mol. The summed E-state index contributed by atoms with van der Waals surface area (Å²) in [5.41, 5.74) is 1.82. The highest BCUT2D eigenvalue weighted by molar-refractivity contribution is 5.94. The Balaban J connectivity index is 2.08. The van der Waals surface area contributed by atoms with Gasteiger partial charge in [0.1, 0.15) is 0 Å². The van der Waals surface area contributed by atoms with Crippen molar-refractivity contribution in [1.82, 2.24) is 15.5 Å². The number of hydrogen-bond donors (Lipinski definition) is 2. The van der Waals surface area contributed by atoms with Crippen molar-refractivity contribution in [2.75, 3.05) is 13.1 Å². The first-order valence-electron chi connectivity index (χ1n) is 8.83. The Morgan fingerprint density at radius 3 is 2.50 bits per heavy atom. The Kier molecular flexibility index (Phi) is 6.23. The maximum atomic E-state index is 12.2. The lowest BCUT2D eigenvalue weighted by Crippen LogP contribution is -2.47. The number of carbonyl (C=O) groups excluding carboxylic acids is 2. The van der Waals surface area contributed by atoms with Crippen LogP contribution in [0.2, 0.25) is 0 Å². The molecule has 1 fully saturated rings. The molecule has 1 atom stereocenters. The van der Waals surface area contributed by atoms with Crippen LogP contribution >= 0.6 is 0 Å². The third-order valence-electron chi connectivity index (χ3n) is 4.16. The lowest BCUT2D eigenvalue weighted by molar-refractivity contribution is 0.0943. The van der Waals surface area contributed by atoms with Crippen LogP contribution in [0.1, 0.15) is 62.4 Å². The van der Waals surface area contributed by atoms with Crippen molar-refractivity contribution in [2.24, 2.45) is 0 Å². The summed E-state index contributed by atoms with van der Waals surface area (Å²) in [5, 5.41) is 5.88. The second kappa shape index (κ2) is 8.18. The van der Waals surface area contributed by atoms with Crippen LogP contribution in [-0.4, -0.2) is 42.0 Å². The summed E-state index contributed by atoms with van der Waals surface area (Å²) in [6.07, 6.45) is 2.03. The number of rotatable bonds is 4. The van der Waals surface area contributed by atoms with E-state index in [1.807, 2.05) is 50.8 Å².